The number of hydrogen-bond acceptors (Lipinski definition) is 3. The largest absolute Gasteiger partial charge is 0.342 e. The number of carbonyl (C=O) groups excluding carboxylic acids is 1. The molecule has 1 amide bonds. The lowest BCUT2D eigenvalue weighted by atomic mass is 10.1. The van der Waals surface area contributed by atoms with Crippen LogP contribution in [0.5, 0.6) is 0 Å². The molecule has 0 saturated carbocycles. The Morgan fingerprint density at radius 3 is 2.55 bits per heavy atom. The molecular formula is C17H24N4O. The van der Waals surface area contributed by atoms with Gasteiger partial charge in [0.15, 0.2) is 5.82 Å². The van der Waals surface area contributed by atoms with Crippen molar-refractivity contribution in [2.24, 2.45) is 5.92 Å². The minimum absolute atomic E-state index is 0.00747. The molecule has 2 aromatic rings. The van der Waals surface area contributed by atoms with Gasteiger partial charge in [0.05, 0.1) is 11.3 Å². The molecule has 0 aliphatic rings. The van der Waals surface area contributed by atoms with Crippen LogP contribution in [0.4, 0.5) is 0 Å². The maximum absolute atomic E-state index is 12.3. The Balaban J connectivity index is 2.11. The van der Waals surface area contributed by atoms with Gasteiger partial charge in [-0.3, -0.25) is 4.79 Å². The fourth-order valence-electron chi connectivity index (χ4n) is 2.27. The first kappa shape index (κ1) is 16.2. The molecule has 0 atom stereocenters. The molecule has 5 heteroatoms. The molecule has 118 valence electrons. The summed E-state index contributed by atoms with van der Waals surface area (Å²) in [6.45, 7) is 9.01. The molecule has 2 aromatic heterocycles. The summed E-state index contributed by atoms with van der Waals surface area (Å²) in [6.07, 6.45) is 2.62. The Labute approximate surface area is 132 Å². The summed E-state index contributed by atoms with van der Waals surface area (Å²) in [5, 5.41) is 4.40. The summed E-state index contributed by atoms with van der Waals surface area (Å²) in [6, 6.07) is 5.65. The number of aryl methyl sites for hydroxylation is 2. The van der Waals surface area contributed by atoms with Crippen LogP contribution in [0.2, 0.25) is 0 Å². The Bertz CT molecular complexity index is 643. The number of rotatable bonds is 5. The van der Waals surface area contributed by atoms with Crippen molar-refractivity contribution >= 4 is 5.91 Å². The van der Waals surface area contributed by atoms with Gasteiger partial charge in [-0.05, 0) is 44.4 Å². The standard InChI is InChI=1S/C17H24N4O/c1-12(2)8-9-20(5)17(22)15-6-7-16(18-11-15)21-14(4)10-13(3)19-21/h6-7,10-12H,8-9H2,1-5H3. The van der Waals surface area contributed by atoms with Crippen molar-refractivity contribution in [2.45, 2.75) is 34.1 Å². The van der Waals surface area contributed by atoms with Crippen LogP contribution in [0.1, 0.15) is 42.0 Å². The second-order valence-corrected chi connectivity index (χ2v) is 6.15. The number of amides is 1. The normalized spacial score (nSPS) is 11.0. The first-order valence-corrected chi connectivity index (χ1v) is 7.63. The van der Waals surface area contributed by atoms with Crippen molar-refractivity contribution in [1.29, 1.82) is 0 Å². The summed E-state index contributed by atoms with van der Waals surface area (Å²) in [7, 11) is 1.83. The lowest BCUT2D eigenvalue weighted by molar-refractivity contribution is 0.0789. The first-order chi connectivity index (χ1) is 10.4. The van der Waals surface area contributed by atoms with Crippen LogP contribution in [0.15, 0.2) is 24.4 Å². The zero-order valence-corrected chi connectivity index (χ0v) is 14.0. The number of pyridine rings is 1. The average molecular weight is 300 g/mol. The Morgan fingerprint density at radius 1 is 1.32 bits per heavy atom. The van der Waals surface area contributed by atoms with Gasteiger partial charge in [0.25, 0.3) is 5.91 Å². The molecule has 2 heterocycles. The van der Waals surface area contributed by atoms with Crippen LogP contribution in [0.3, 0.4) is 0 Å². The highest BCUT2D eigenvalue weighted by Crippen LogP contribution is 2.12. The lowest BCUT2D eigenvalue weighted by Crippen LogP contribution is -2.28. The van der Waals surface area contributed by atoms with Gasteiger partial charge in [-0.15, -0.1) is 0 Å². The monoisotopic (exact) mass is 300 g/mol. The van der Waals surface area contributed by atoms with Gasteiger partial charge in [-0.1, -0.05) is 13.8 Å². The van der Waals surface area contributed by atoms with Crippen molar-refractivity contribution in [3.63, 3.8) is 0 Å². The van der Waals surface area contributed by atoms with E-state index >= 15 is 0 Å². The van der Waals surface area contributed by atoms with E-state index < -0.39 is 0 Å². The van der Waals surface area contributed by atoms with Crippen molar-refractivity contribution in [3.05, 3.63) is 41.3 Å². The van der Waals surface area contributed by atoms with E-state index in [4.69, 9.17) is 0 Å². The molecule has 22 heavy (non-hydrogen) atoms. The van der Waals surface area contributed by atoms with Crippen LogP contribution in [-0.4, -0.2) is 39.2 Å². The molecule has 0 bridgehead atoms. The van der Waals surface area contributed by atoms with Gasteiger partial charge in [0.2, 0.25) is 0 Å². The molecule has 0 spiro atoms. The summed E-state index contributed by atoms with van der Waals surface area (Å²) >= 11 is 0. The molecular weight excluding hydrogens is 276 g/mol. The summed E-state index contributed by atoms with van der Waals surface area (Å²) in [5.41, 5.74) is 2.59. The van der Waals surface area contributed by atoms with Crippen molar-refractivity contribution in [1.82, 2.24) is 19.7 Å². The molecule has 0 aliphatic heterocycles. The van der Waals surface area contributed by atoms with E-state index in [1.54, 1.807) is 15.8 Å². The van der Waals surface area contributed by atoms with Gasteiger partial charge in [-0.2, -0.15) is 5.10 Å². The van der Waals surface area contributed by atoms with Crippen LogP contribution < -0.4 is 0 Å². The summed E-state index contributed by atoms with van der Waals surface area (Å²) in [5.74, 6) is 1.32. The highest BCUT2D eigenvalue weighted by atomic mass is 16.2. The van der Waals surface area contributed by atoms with Crippen LogP contribution in [0, 0.1) is 19.8 Å². The second-order valence-electron chi connectivity index (χ2n) is 6.15. The molecule has 0 unspecified atom stereocenters. The van der Waals surface area contributed by atoms with Crippen molar-refractivity contribution in [2.75, 3.05) is 13.6 Å². The van der Waals surface area contributed by atoms with Gasteiger partial charge < -0.3 is 4.90 Å². The highest BCUT2D eigenvalue weighted by Gasteiger charge is 2.13. The van der Waals surface area contributed by atoms with E-state index in [9.17, 15) is 4.79 Å². The SMILES string of the molecule is Cc1cc(C)n(-c2ccc(C(=O)N(C)CCC(C)C)cn2)n1. The average Bonchev–Trinajstić information content (AvgIpc) is 2.83. The fraction of sp³-hybridized carbons (Fsp3) is 0.471. The predicted molar refractivity (Wildman–Crippen MR) is 87.2 cm³/mol. The molecule has 0 aromatic carbocycles. The number of carbonyl (C=O) groups is 1. The van der Waals surface area contributed by atoms with E-state index in [0.29, 0.717) is 11.5 Å². The smallest absolute Gasteiger partial charge is 0.255 e. The van der Waals surface area contributed by atoms with Gasteiger partial charge in [-0.25, -0.2) is 9.67 Å². The van der Waals surface area contributed by atoms with Crippen LogP contribution >= 0.6 is 0 Å². The maximum atomic E-state index is 12.3. The quantitative estimate of drug-likeness (QED) is 0.853. The van der Waals surface area contributed by atoms with E-state index in [1.807, 2.05) is 39.1 Å². The molecule has 0 N–H and O–H groups in total. The lowest BCUT2D eigenvalue weighted by Gasteiger charge is -2.18. The van der Waals surface area contributed by atoms with Crippen LogP contribution in [0.25, 0.3) is 5.82 Å². The maximum Gasteiger partial charge on any atom is 0.255 e. The minimum atomic E-state index is 0.00747. The summed E-state index contributed by atoms with van der Waals surface area (Å²) in [4.78, 5) is 18.5. The number of hydrogen-bond donors (Lipinski definition) is 0. The minimum Gasteiger partial charge on any atom is -0.342 e. The third-order valence-electron chi connectivity index (χ3n) is 3.61. The van der Waals surface area contributed by atoms with E-state index in [-0.39, 0.29) is 5.91 Å². The van der Waals surface area contributed by atoms with Crippen molar-refractivity contribution < 1.29 is 4.79 Å². The second kappa shape index (κ2) is 6.73. The predicted octanol–water partition coefficient (Wildman–Crippen LogP) is 3.00. The van der Waals surface area contributed by atoms with Crippen LogP contribution in [-0.2, 0) is 0 Å². The number of nitrogens with zero attached hydrogens (tertiary/aromatic N) is 4. The molecule has 0 aliphatic carbocycles. The van der Waals surface area contributed by atoms with Crippen molar-refractivity contribution in [3.8, 4) is 5.82 Å². The molecule has 5 nitrogen and oxygen atoms in total. The highest BCUT2D eigenvalue weighted by molar-refractivity contribution is 5.93. The molecule has 0 saturated heterocycles. The molecule has 0 radical (unpaired) electrons. The molecule has 0 fully saturated rings. The summed E-state index contributed by atoms with van der Waals surface area (Å²) < 4.78 is 1.78. The zero-order chi connectivity index (χ0) is 16.3. The Hall–Kier alpha value is -2.17. The topological polar surface area (TPSA) is 51.0 Å². The van der Waals surface area contributed by atoms with E-state index in [0.717, 1.165) is 30.2 Å². The fourth-order valence-corrected chi connectivity index (χ4v) is 2.27. The number of aromatic nitrogens is 3. The van der Waals surface area contributed by atoms with E-state index in [2.05, 4.69) is 23.9 Å². The van der Waals surface area contributed by atoms with Gasteiger partial charge >= 0.3 is 0 Å². The Kier molecular flexibility index (Phi) is 4.96. The zero-order valence-electron chi connectivity index (χ0n) is 14.0. The van der Waals surface area contributed by atoms with Gasteiger partial charge in [0.1, 0.15) is 0 Å². The van der Waals surface area contributed by atoms with Gasteiger partial charge in [0, 0.05) is 25.5 Å². The molecule has 2 rings (SSSR count). The third kappa shape index (κ3) is 3.72. The Morgan fingerprint density at radius 2 is 2.05 bits per heavy atom. The van der Waals surface area contributed by atoms with E-state index in [1.165, 1.54) is 0 Å². The first-order valence-electron chi connectivity index (χ1n) is 7.63. The third-order valence-corrected chi connectivity index (χ3v) is 3.61.